The largest absolute Gasteiger partial charge is 0.344 e. The molecule has 1 amide bonds. The monoisotopic (exact) mass is 361 g/mol. The Labute approximate surface area is 148 Å². The van der Waals surface area contributed by atoms with Gasteiger partial charge in [0.25, 0.3) is 5.56 Å². The van der Waals surface area contributed by atoms with Crippen LogP contribution in [0, 0.1) is 12.3 Å². The van der Waals surface area contributed by atoms with Gasteiger partial charge >= 0.3 is 0 Å². The number of hydrogen-bond acceptors (Lipinski definition) is 5. The number of thioether (sulfide) groups is 1. The number of aromatic nitrogens is 2. The van der Waals surface area contributed by atoms with E-state index in [0.717, 1.165) is 29.5 Å². The molecule has 24 heavy (non-hydrogen) atoms. The summed E-state index contributed by atoms with van der Waals surface area (Å²) in [5.41, 5.74) is 1.17. The summed E-state index contributed by atoms with van der Waals surface area (Å²) in [6.07, 6.45) is 9.46. The number of fused-ring (bicyclic) bond motifs is 3. The van der Waals surface area contributed by atoms with Gasteiger partial charge in [-0.3, -0.25) is 14.2 Å². The van der Waals surface area contributed by atoms with Gasteiger partial charge in [-0.05, 0) is 38.2 Å². The number of hydrogen-bond donors (Lipinski definition) is 1. The van der Waals surface area contributed by atoms with Gasteiger partial charge in [-0.1, -0.05) is 17.7 Å². The summed E-state index contributed by atoms with van der Waals surface area (Å²) in [5, 5.41) is 3.62. The minimum absolute atomic E-state index is 0.0156. The summed E-state index contributed by atoms with van der Waals surface area (Å²) < 4.78 is 1.56. The molecule has 1 unspecified atom stereocenters. The molecule has 1 aliphatic rings. The van der Waals surface area contributed by atoms with E-state index in [0.29, 0.717) is 5.16 Å². The quantitative estimate of drug-likeness (QED) is 0.515. The smallest absolute Gasteiger partial charge is 0.262 e. The van der Waals surface area contributed by atoms with E-state index in [4.69, 9.17) is 6.42 Å². The van der Waals surface area contributed by atoms with Crippen molar-refractivity contribution in [2.24, 2.45) is 7.05 Å². The summed E-state index contributed by atoms with van der Waals surface area (Å²) in [6.45, 7) is 1.99. The predicted octanol–water partition coefficient (Wildman–Crippen LogP) is 2.10. The van der Waals surface area contributed by atoms with Crippen molar-refractivity contribution in [1.82, 2.24) is 14.9 Å². The van der Waals surface area contributed by atoms with Gasteiger partial charge < -0.3 is 5.32 Å². The first-order valence-corrected chi connectivity index (χ1v) is 9.61. The van der Waals surface area contributed by atoms with Crippen LogP contribution in [-0.4, -0.2) is 27.3 Å². The number of carbonyl (C=O) groups is 1. The molecule has 0 fully saturated rings. The van der Waals surface area contributed by atoms with E-state index in [9.17, 15) is 9.59 Å². The fourth-order valence-electron chi connectivity index (χ4n) is 2.87. The van der Waals surface area contributed by atoms with Gasteiger partial charge in [-0.15, -0.1) is 17.8 Å². The highest BCUT2D eigenvalue weighted by Gasteiger charge is 2.23. The SMILES string of the molecule is C#CCNC(=O)C(C)Sc1nc2sc3c(c2c(=O)n1C)CCCC3. The molecule has 1 N–H and O–H groups in total. The van der Waals surface area contributed by atoms with E-state index < -0.39 is 0 Å². The Morgan fingerprint density at radius 1 is 1.50 bits per heavy atom. The lowest BCUT2D eigenvalue weighted by Gasteiger charge is -2.13. The molecular weight excluding hydrogens is 342 g/mol. The Morgan fingerprint density at radius 3 is 3.00 bits per heavy atom. The Hall–Kier alpha value is -1.78. The molecule has 2 aromatic rings. The molecule has 2 heterocycles. The third kappa shape index (κ3) is 3.08. The van der Waals surface area contributed by atoms with Crippen molar-refractivity contribution in [2.75, 3.05) is 6.54 Å². The first-order chi connectivity index (χ1) is 11.5. The first-order valence-electron chi connectivity index (χ1n) is 7.92. The minimum atomic E-state index is -0.372. The molecule has 126 valence electrons. The summed E-state index contributed by atoms with van der Waals surface area (Å²) >= 11 is 2.90. The highest BCUT2D eigenvalue weighted by Crippen LogP contribution is 2.34. The zero-order valence-corrected chi connectivity index (χ0v) is 15.4. The maximum atomic E-state index is 12.8. The Balaban J connectivity index is 1.95. The Morgan fingerprint density at radius 2 is 2.25 bits per heavy atom. The van der Waals surface area contributed by atoms with Crippen molar-refractivity contribution in [1.29, 1.82) is 0 Å². The van der Waals surface area contributed by atoms with Gasteiger partial charge in [0.2, 0.25) is 5.91 Å². The number of nitrogens with zero attached hydrogens (tertiary/aromatic N) is 2. The lowest BCUT2D eigenvalue weighted by Crippen LogP contribution is -2.32. The molecule has 0 spiro atoms. The number of amides is 1. The Kier molecular flexibility index (Phi) is 4.97. The van der Waals surface area contributed by atoms with Crippen molar-refractivity contribution in [2.45, 2.75) is 43.0 Å². The van der Waals surface area contributed by atoms with Crippen molar-refractivity contribution in [3.05, 3.63) is 20.8 Å². The van der Waals surface area contributed by atoms with Crippen molar-refractivity contribution in [3.8, 4) is 12.3 Å². The zero-order chi connectivity index (χ0) is 17.3. The number of rotatable bonds is 4. The average Bonchev–Trinajstić information content (AvgIpc) is 2.95. The maximum absolute atomic E-state index is 12.8. The van der Waals surface area contributed by atoms with E-state index in [1.54, 1.807) is 29.9 Å². The fraction of sp³-hybridized carbons (Fsp3) is 0.471. The van der Waals surface area contributed by atoms with E-state index in [1.807, 2.05) is 0 Å². The molecule has 3 rings (SSSR count). The number of carbonyl (C=O) groups excluding carboxylic acids is 1. The molecular formula is C17H19N3O2S2. The van der Waals surface area contributed by atoms with Crippen LogP contribution in [0.4, 0.5) is 0 Å². The van der Waals surface area contributed by atoms with Crippen LogP contribution in [-0.2, 0) is 24.7 Å². The molecule has 0 bridgehead atoms. The molecule has 0 aromatic carbocycles. The molecule has 5 nitrogen and oxygen atoms in total. The molecule has 0 saturated heterocycles. The van der Waals surface area contributed by atoms with Crippen LogP contribution in [0.3, 0.4) is 0 Å². The highest BCUT2D eigenvalue weighted by atomic mass is 32.2. The van der Waals surface area contributed by atoms with Crippen LogP contribution in [0.15, 0.2) is 9.95 Å². The highest BCUT2D eigenvalue weighted by molar-refractivity contribution is 8.00. The third-order valence-corrected chi connectivity index (χ3v) is 6.50. The summed E-state index contributed by atoms with van der Waals surface area (Å²) in [7, 11) is 1.72. The third-order valence-electron chi connectivity index (χ3n) is 4.17. The second-order valence-electron chi connectivity index (χ2n) is 5.83. The zero-order valence-electron chi connectivity index (χ0n) is 13.7. The number of terminal acetylenes is 1. The van der Waals surface area contributed by atoms with Gasteiger partial charge in [0, 0.05) is 11.9 Å². The van der Waals surface area contributed by atoms with Crippen molar-refractivity contribution in [3.63, 3.8) is 0 Å². The van der Waals surface area contributed by atoms with Crippen LogP contribution in [0.2, 0.25) is 0 Å². The number of aryl methyl sites for hydroxylation is 2. The maximum Gasteiger partial charge on any atom is 0.262 e. The van der Waals surface area contributed by atoms with Gasteiger partial charge in [-0.2, -0.15) is 0 Å². The molecule has 1 aliphatic carbocycles. The van der Waals surface area contributed by atoms with Crippen molar-refractivity contribution >= 4 is 39.2 Å². The summed E-state index contributed by atoms with van der Waals surface area (Å²) in [6, 6.07) is 0. The molecule has 0 saturated carbocycles. The lowest BCUT2D eigenvalue weighted by molar-refractivity contribution is -0.120. The van der Waals surface area contributed by atoms with Crippen LogP contribution >= 0.6 is 23.1 Å². The van der Waals surface area contributed by atoms with Crippen molar-refractivity contribution < 1.29 is 4.79 Å². The average molecular weight is 361 g/mol. The number of thiophene rings is 1. The number of nitrogens with one attached hydrogen (secondary N) is 1. The van der Waals surface area contributed by atoms with E-state index in [2.05, 4.69) is 16.2 Å². The lowest BCUT2D eigenvalue weighted by atomic mass is 9.97. The fourth-order valence-corrected chi connectivity index (χ4v) is 5.07. The molecule has 0 radical (unpaired) electrons. The topological polar surface area (TPSA) is 64.0 Å². The standard InChI is InChI=1S/C17H19N3O2S2/c1-4-9-18-14(21)10(2)23-17-19-15-13(16(22)20(17)3)11-7-5-6-8-12(11)24-15/h1,10H,5-9H2,2-3H3,(H,18,21). The van der Waals surface area contributed by atoms with Crippen LogP contribution < -0.4 is 10.9 Å². The molecule has 7 heteroatoms. The van der Waals surface area contributed by atoms with Crippen LogP contribution in [0.5, 0.6) is 0 Å². The van der Waals surface area contributed by atoms with E-state index in [-0.39, 0.29) is 23.3 Å². The molecule has 2 aromatic heterocycles. The second kappa shape index (κ2) is 6.99. The van der Waals surface area contributed by atoms with E-state index in [1.165, 1.54) is 28.6 Å². The Bertz CT molecular complexity index is 892. The normalized spacial score (nSPS) is 14.9. The van der Waals surface area contributed by atoms with Gasteiger partial charge in [0.05, 0.1) is 17.2 Å². The van der Waals surface area contributed by atoms with E-state index >= 15 is 0 Å². The van der Waals surface area contributed by atoms with Gasteiger partial charge in [0.1, 0.15) is 4.83 Å². The minimum Gasteiger partial charge on any atom is -0.344 e. The molecule has 1 atom stereocenters. The summed E-state index contributed by atoms with van der Waals surface area (Å²) in [4.78, 5) is 31.5. The molecule has 0 aliphatic heterocycles. The summed E-state index contributed by atoms with van der Waals surface area (Å²) in [5.74, 6) is 2.22. The van der Waals surface area contributed by atoms with Gasteiger partial charge in [-0.25, -0.2) is 4.98 Å². The van der Waals surface area contributed by atoms with Crippen LogP contribution in [0.1, 0.15) is 30.2 Å². The van der Waals surface area contributed by atoms with Gasteiger partial charge in [0.15, 0.2) is 5.16 Å². The second-order valence-corrected chi connectivity index (χ2v) is 8.22. The predicted molar refractivity (Wildman–Crippen MR) is 98.7 cm³/mol. The van der Waals surface area contributed by atoms with Crippen LogP contribution in [0.25, 0.3) is 10.2 Å². The first kappa shape index (κ1) is 17.1.